The zero-order valence-corrected chi connectivity index (χ0v) is 7.76. The van der Waals surface area contributed by atoms with Crippen molar-refractivity contribution in [2.45, 2.75) is 44.6 Å². The lowest BCUT2D eigenvalue weighted by Gasteiger charge is -2.27. The van der Waals surface area contributed by atoms with Crippen LogP contribution in [-0.4, -0.2) is 12.6 Å². The van der Waals surface area contributed by atoms with Crippen LogP contribution in [0, 0.1) is 17.8 Å². The van der Waals surface area contributed by atoms with Gasteiger partial charge >= 0.3 is 0 Å². The van der Waals surface area contributed by atoms with Crippen LogP contribution in [0.4, 0.5) is 0 Å². The lowest BCUT2D eigenvalue weighted by atomic mass is 9.83. The number of fused-ring (bicyclic) bond motifs is 2. The standard InChI is InChI=1S/C11H19N/c1-2-11(12-5-1)10-7-8-3-4-9(10)6-8/h8-12H,1-7H2. The molecule has 0 radical (unpaired) electrons. The molecule has 3 rings (SSSR count). The second-order valence-electron chi connectivity index (χ2n) is 5.04. The molecule has 4 atom stereocenters. The highest BCUT2D eigenvalue weighted by atomic mass is 14.9. The van der Waals surface area contributed by atoms with E-state index in [9.17, 15) is 0 Å². The van der Waals surface area contributed by atoms with Crippen molar-refractivity contribution in [3.05, 3.63) is 0 Å². The van der Waals surface area contributed by atoms with Crippen molar-refractivity contribution in [3.8, 4) is 0 Å². The van der Waals surface area contributed by atoms with Gasteiger partial charge in [0.25, 0.3) is 0 Å². The van der Waals surface area contributed by atoms with Crippen molar-refractivity contribution in [3.63, 3.8) is 0 Å². The van der Waals surface area contributed by atoms with Crippen molar-refractivity contribution >= 4 is 0 Å². The highest BCUT2D eigenvalue weighted by molar-refractivity contribution is 4.96. The van der Waals surface area contributed by atoms with E-state index in [1.807, 2.05) is 0 Å². The summed E-state index contributed by atoms with van der Waals surface area (Å²) in [6.07, 6.45) is 9.12. The van der Waals surface area contributed by atoms with Gasteiger partial charge < -0.3 is 5.32 Å². The van der Waals surface area contributed by atoms with Crippen molar-refractivity contribution < 1.29 is 0 Å². The van der Waals surface area contributed by atoms with E-state index in [1.165, 1.54) is 19.4 Å². The van der Waals surface area contributed by atoms with Crippen LogP contribution in [0.15, 0.2) is 0 Å². The molecular formula is C11H19N. The summed E-state index contributed by atoms with van der Waals surface area (Å²) in [6.45, 7) is 1.29. The van der Waals surface area contributed by atoms with Gasteiger partial charge in [0.1, 0.15) is 0 Å². The van der Waals surface area contributed by atoms with Crippen LogP contribution in [0.5, 0.6) is 0 Å². The molecule has 1 aliphatic heterocycles. The molecule has 2 bridgehead atoms. The first kappa shape index (κ1) is 7.37. The molecule has 2 saturated carbocycles. The fourth-order valence-electron chi connectivity index (χ4n) is 3.86. The van der Waals surface area contributed by atoms with Gasteiger partial charge in [0.15, 0.2) is 0 Å². The largest absolute Gasteiger partial charge is 0.314 e. The van der Waals surface area contributed by atoms with Crippen molar-refractivity contribution in [1.82, 2.24) is 5.32 Å². The minimum absolute atomic E-state index is 0.917. The quantitative estimate of drug-likeness (QED) is 0.628. The third-order valence-corrected chi connectivity index (χ3v) is 4.41. The predicted molar refractivity (Wildman–Crippen MR) is 50.0 cm³/mol. The van der Waals surface area contributed by atoms with Crippen molar-refractivity contribution in [2.24, 2.45) is 17.8 Å². The van der Waals surface area contributed by atoms with Crippen LogP contribution < -0.4 is 5.32 Å². The normalized spacial score (nSPS) is 52.0. The molecule has 1 nitrogen and oxygen atoms in total. The number of rotatable bonds is 1. The Kier molecular flexibility index (Phi) is 1.68. The maximum atomic E-state index is 3.68. The second kappa shape index (κ2) is 2.73. The Morgan fingerprint density at radius 3 is 2.58 bits per heavy atom. The van der Waals surface area contributed by atoms with E-state index < -0.39 is 0 Å². The summed E-state index contributed by atoms with van der Waals surface area (Å²) >= 11 is 0. The Balaban J connectivity index is 1.69. The maximum absolute atomic E-state index is 3.68. The molecule has 0 aromatic carbocycles. The summed E-state index contributed by atoms with van der Waals surface area (Å²) in [5.74, 6) is 3.32. The average Bonchev–Trinajstić information content (AvgIpc) is 2.81. The molecule has 1 heteroatoms. The van der Waals surface area contributed by atoms with Gasteiger partial charge in [-0.2, -0.15) is 0 Å². The van der Waals surface area contributed by atoms with Gasteiger partial charge in [-0.05, 0) is 56.4 Å². The van der Waals surface area contributed by atoms with Gasteiger partial charge in [0, 0.05) is 6.04 Å². The van der Waals surface area contributed by atoms with E-state index in [2.05, 4.69) is 5.32 Å². The zero-order chi connectivity index (χ0) is 7.97. The summed E-state index contributed by atoms with van der Waals surface area (Å²) < 4.78 is 0. The predicted octanol–water partition coefficient (Wildman–Crippen LogP) is 2.17. The molecule has 12 heavy (non-hydrogen) atoms. The SMILES string of the molecule is C1CNC(C2CC3CCC2C3)C1. The Labute approximate surface area is 74.9 Å². The molecule has 3 aliphatic rings. The summed E-state index contributed by atoms with van der Waals surface area (Å²) in [5, 5.41) is 3.68. The fraction of sp³-hybridized carbons (Fsp3) is 1.00. The zero-order valence-electron chi connectivity index (χ0n) is 7.76. The van der Waals surface area contributed by atoms with Gasteiger partial charge in [0.2, 0.25) is 0 Å². The highest BCUT2D eigenvalue weighted by Gasteiger charge is 2.43. The molecule has 0 amide bonds. The molecule has 1 heterocycles. The van der Waals surface area contributed by atoms with Crippen LogP contribution in [0.2, 0.25) is 0 Å². The van der Waals surface area contributed by atoms with E-state index in [0.717, 1.165) is 23.8 Å². The second-order valence-corrected chi connectivity index (χ2v) is 5.04. The van der Waals surface area contributed by atoms with Gasteiger partial charge in [-0.3, -0.25) is 0 Å². The summed E-state index contributed by atoms with van der Waals surface area (Å²) in [6, 6.07) is 0.917. The summed E-state index contributed by atoms with van der Waals surface area (Å²) in [5.41, 5.74) is 0. The maximum Gasteiger partial charge on any atom is 0.00985 e. The van der Waals surface area contributed by atoms with Crippen LogP contribution in [0.25, 0.3) is 0 Å². The Morgan fingerprint density at radius 2 is 2.00 bits per heavy atom. The van der Waals surface area contributed by atoms with Gasteiger partial charge in [-0.15, -0.1) is 0 Å². The van der Waals surface area contributed by atoms with Crippen LogP contribution in [-0.2, 0) is 0 Å². The topological polar surface area (TPSA) is 12.0 Å². The molecule has 68 valence electrons. The first-order valence-corrected chi connectivity index (χ1v) is 5.67. The lowest BCUT2D eigenvalue weighted by Crippen LogP contribution is -2.33. The van der Waals surface area contributed by atoms with Crippen molar-refractivity contribution in [1.29, 1.82) is 0 Å². The molecule has 3 fully saturated rings. The third-order valence-electron chi connectivity index (χ3n) is 4.41. The molecule has 4 unspecified atom stereocenters. The van der Waals surface area contributed by atoms with Gasteiger partial charge in [-0.25, -0.2) is 0 Å². The lowest BCUT2D eigenvalue weighted by molar-refractivity contribution is 0.265. The van der Waals surface area contributed by atoms with E-state index in [-0.39, 0.29) is 0 Å². The number of hydrogen-bond acceptors (Lipinski definition) is 1. The number of nitrogens with one attached hydrogen (secondary N) is 1. The summed E-state index contributed by atoms with van der Waals surface area (Å²) in [4.78, 5) is 0. The molecule has 1 saturated heterocycles. The third kappa shape index (κ3) is 1.02. The molecule has 2 aliphatic carbocycles. The first-order chi connectivity index (χ1) is 5.93. The van der Waals surface area contributed by atoms with Gasteiger partial charge in [-0.1, -0.05) is 6.42 Å². The molecule has 0 aromatic heterocycles. The Morgan fingerprint density at radius 1 is 1.00 bits per heavy atom. The van der Waals surface area contributed by atoms with E-state index in [0.29, 0.717) is 0 Å². The highest BCUT2D eigenvalue weighted by Crippen LogP contribution is 2.50. The van der Waals surface area contributed by atoms with E-state index in [1.54, 1.807) is 25.7 Å². The Hall–Kier alpha value is -0.0400. The fourth-order valence-corrected chi connectivity index (χ4v) is 3.86. The van der Waals surface area contributed by atoms with Gasteiger partial charge in [0.05, 0.1) is 0 Å². The monoisotopic (exact) mass is 165 g/mol. The number of hydrogen-bond donors (Lipinski definition) is 1. The van der Waals surface area contributed by atoms with Crippen LogP contribution in [0.1, 0.15) is 38.5 Å². The van der Waals surface area contributed by atoms with E-state index >= 15 is 0 Å². The molecule has 0 spiro atoms. The molecular weight excluding hydrogens is 146 g/mol. The summed E-state index contributed by atoms with van der Waals surface area (Å²) in [7, 11) is 0. The minimum atomic E-state index is 0.917. The Bertz CT molecular complexity index is 172. The first-order valence-electron chi connectivity index (χ1n) is 5.67. The van der Waals surface area contributed by atoms with Crippen LogP contribution in [0.3, 0.4) is 0 Å². The van der Waals surface area contributed by atoms with Crippen LogP contribution >= 0.6 is 0 Å². The minimum Gasteiger partial charge on any atom is -0.314 e. The average molecular weight is 165 g/mol. The van der Waals surface area contributed by atoms with E-state index in [4.69, 9.17) is 0 Å². The smallest absolute Gasteiger partial charge is 0.00985 e. The van der Waals surface area contributed by atoms with Crippen molar-refractivity contribution in [2.75, 3.05) is 6.54 Å². The molecule has 0 aromatic rings. The molecule has 1 N–H and O–H groups in total.